The van der Waals surface area contributed by atoms with Crippen molar-refractivity contribution < 1.29 is 9.53 Å². The number of nitrogens with zero attached hydrogens (tertiary/aromatic N) is 1. The SMILES string of the molecule is CCCCc1ccc(NC(=O)/C(C#N)=C/c2ccc(OC)cc2)cc1. The van der Waals surface area contributed by atoms with E-state index in [1.165, 1.54) is 5.56 Å². The first-order valence-electron chi connectivity index (χ1n) is 8.32. The molecule has 2 aromatic carbocycles. The highest BCUT2D eigenvalue weighted by molar-refractivity contribution is 6.09. The minimum Gasteiger partial charge on any atom is -0.497 e. The van der Waals surface area contributed by atoms with E-state index >= 15 is 0 Å². The third-order valence-corrected chi connectivity index (χ3v) is 3.82. The Balaban J connectivity index is 2.06. The number of methoxy groups -OCH3 is 1. The Morgan fingerprint density at radius 3 is 2.40 bits per heavy atom. The van der Waals surface area contributed by atoms with E-state index in [1.54, 1.807) is 37.5 Å². The van der Waals surface area contributed by atoms with Gasteiger partial charge in [0.05, 0.1) is 7.11 Å². The van der Waals surface area contributed by atoms with Gasteiger partial charge in [0.15, 0.2) is 0 Å². The van der Waals surface area contributed by atoms with Crippen LogP contribution in [-0.2, 0) is 11.2 Å². The number of aryl methyl sites for hydroxylation is 1. The minimum absolute atomic E-state index is 0.0558. The van der Waals surface area contributed by atoms with Crippen LogP contribution in [0.4, 0.5) is 5.69 Å². The zero-order chi connectivity index (χ0) is 18.1. The molecule has 0 fully saturated rings. The van der Waals surface area contributed by atoms with Gasteiger partial charge in [-0.25, -0.2) is 0 Å². The number of rotatable bonds is 7. The molecule has 0 spiro atoms. The molecular formula is C21H22N2O2. The fraction of sp³-hybridized carbons (Fsp3) is 0.238. The summed E-state index contributed by atoms with van der Waals surface area (Å²) in [6, 6.07) is 16.9. The Morgan fingerprint density at radius 2 is 1.84 bits per heavy atom. The molecule has 0 aliphatic carbocycles. The number of carbonyl (C=O) groups excluding carboxylic acids is 1. The lowest BCUT2D eigenvalue weighted by atomic mass is 10.1. The van der Waals surface area contributed by atoms with Crippen LogP contribution in [0.2, 0.25) is 0 Å². The van der Waals surface area contributed by atoms with Crippen LogP contribution in [-0.4, -0.2) is 13.0 Å². The number of anilines is 1. The maximum absolute atomic E-state index is 12.3. The highest BCUT2D eigenvalue weighted by atomic mass is 16.5. The molecule has 0 saturated heterocycles. The van der Waals surface area contributed by atoms with Crippen molar-refractivity contribution in [1.29, 1.82) is 5.26 Å². The summed E-state index contributed by atoms with van der Waals surface area (Å²) in [6.07, 6.45) is 4.89. The highest BCUT2D eigenvalue weighted by Gasteiger charge is 2.09. The Morgan fingerprint density at radius 1 is 1.16 bits per heavy atom. The average Bonchev–Trinajstić information content (AvgIpc) is 2.66. The Bertz CT molecular complexity index is 769. The molecule has 1 N–H and O–H groups in total. The summed E-state index contributed by atoms with van der Waals surface area (Å²) in [7, 11) is 1.59. The molecule has 0 atom stereocenters. The van der Waals surface area contributed by atoms with Crippen molar-refractivity contribution >= 4 is 17.7 Å². The molecule has 0 saturated carbocycles. The normalized spacial score (nSPS) is 10.8. The number of ether oxygens (including phenoxy) is 1. The molecule has 0 aliphatic rings. The van der Waals surface area contributed by atoms with Crippen LogP contribution in [0.5, 0.6) is 5.75 Å². The van der Waals surface area contributed by atoms with Gasteiger partial charge < -0.3 is 10.1 Å². The van der Waals surface area contributed by atoms with E-state index in [9.17, 15) is 10.1 Å². The maximum atomic E-state index is 12.3. The summed E-state index contributed by atoms with van der Waals surface area (Å²) in [5.41, 5.74) is 2.75. The van der Waals surface area contributed by atoms with Crippen molar-refractivity contribution in [1.82, 2.24) is 0 Å². The van der Waals surface area contributed by atoms with Crippen molar-refractivity contribution in [3.05, 3.63) is 65.2 Å². The van der Waals surface area contributed by atoms with Gasteiger partial charge in [0, 0.05) is 5.69 Å². The molecule has 2 aromatic rings. The van der Waals surface area contributed by atoms with Crippen LogP contribution in [0.15, 0.2) is 54.1 Å². The predicted molar refractivity (Wildman–Crippen MR) is 100 cm³/mol. The van der Waals surface area contributed by atoms with Crippen LogP contribution in [0.25, 0.3) is 6.08 Å². The Hall–Kier alpha value is -3.06. The fourth-order valence-corrected chi connectivity index (χ4v) is 2.35. The van der Waals surface area contributed by atoms with E-state index in [-0.39, 0.29) is 5.57 Å². The van der Waals surface area contributed by atoms with Gasteiger partial charge in [-0.3, -0.25) is 4.79 Å². The van der Waals surface area contributed by atoms with Crippen LogP contribution in [0, 0.1) is 11.3 Å². The maximum Gasteiger partial charge on any atom is 0.266 e. The predicted octanol–water partition coefficient (Wildman–Crippen LogP) is 4.58. The molecule has 25 heavy (non-hydrogen) atoms. The van der Waals surface area contributed by atoms with Crippen LogP contribution < -0.4 is 10.1 Å². The van der Waals surface area contributed by atoms with Gasteiger partial charge in [-0.1, -0.05) is 37.6 Å². The smallest absolute Gasteiger partial charge is 0.266 e. The van der Waals surface area contributed by atoms with E-state index in [0.29, 0.717) is 5.69 Å². The van der Waals surface area contributed by atoms with E-state index in [1.807, 2.05) is 30.3 Å². The summed E-state index contributed by atoms with van der Waals surface area (Å²) >= 11 is 0. The standard InChI is InChI=1S/C21H22N2O2/c1-3-4-5-16-6-10-19(11-7-16)23-21(24)18(15-22)14-17-8-12-20(25-2)13-9-17/h6-14H,3-5H2,1-2H3,(H,23,24)/b18-14+. The zero-order valence-corrected chi connectivity index (χ0v) is 14.6. The summed E-state index contributed by atoms with van der Waals surface area (Å²) in [6.45, 7) is 2.16. The topological polar surface area (TPSA) is 62.1 Å². The van der Waals surface area contributed by atoms with Crippen LogP contribution >= 0.6 is 0 Å². The van der Waals surface area contributed by atoms with E-state index < -0.39 is 5.91 Å². The number of hydrogen-bond acceptors (Lipinski definition) is 3. The summed E-state index contributed by atoms with van der Waals surface area (Å²) < 4.78 is 5.10. The molecule has 0 unspecified atom stereocenters. The molecule has 2 rings (SSSR count). The first kappa shape index (κ1) is 18.3. The van der Waals surface area contributed by atoms with Crippen molar-refractivity contribution in [2.24, 2.45) is 0 Å². The first-order valence-corrected chi connectivity index (χ1v) is 8.32. The number of benzene rings is 2. The van der Waals surface area contributed by atoms with Crippen LogP contribution in [0.1, 0.15) is 30.9 Å². The molecule has 4 nitrogen and oxygen atoms in total. The lowest BCUT2D eigenvalue weighted by Gasteiger charge is -2.06. The van der Waals surface area contributed by atoms with Gasteiger partial charge in [0.25, 0.3) is 5.91 Å². The molecule has 0 bridgehead atoms. The van der Waals surface area contributed by atoms with Crippen LogP contribution in [0.3, 0.4) is 0 Å². The number of nitrogens with one attached hydrogen (secondary N) is 1. The lowest BCUT2D eigenvalue weighted by Crippen LogP contribution is -2.13. The highest BCUT2D eigenvalue weighted by Crippen LogP contribution is 2.16. The second-order valence-corrected chi connectivity index (χ2v) is 5.70. The quantitative estimate of drug-likeness (QED) is 0.595. The third kappa shape index (κ3) is 5.50. The Labute approximate surface area is 148 Å². The molecule has 128 valence electrons. The zero-order valence-electron chi connectivity index (χ0n) is 14.6. The molecular weight excluding hydrogens is 312 g/mol. The van der Waals surface area contributed by atoms with Gasteiger partial charge in [-0.05, 0) is 54.3 Å². The minimum atomic E-state index is -0.417. The average molecular weight is 334 g/mol. The van der Waals surface area contributed by atoms with E-state index in [2.05, 4.69) is 12.2 Å². The number of amides is 1. The fourth-order valence-electron chi connectivity index (χ4n) is 2.35. The molecule has 0 aliphatic heterocycles. The number of carbonyl (C=O) groups is 1. The monoisotopic (exact) mass is 334 g/mol. The first-order chi connectivity index (χ1) is 12.2. The Kier molecular flexibility index (Phi) is 6.79. The van der Waals surface area contributed by atoms with E-state index in [0.717, 1.165) is 30.6 Å². The largest absolute Gasteiger partial charge is 0.497 e. The lowest BCUT2D eigenvalue weighted by molar-refractivity contribution is -0.112. The van der Waals surface area contributed by atoms with Gasteiger partial charge >= 0.3 is 0 Å². The second-order valence-electron chi connectivity index (χ2n) is 5.70. The molecule has 0 heterocycles. The molecule has 1 amide bonds. The molecule has 4 heteroatoms. The van der Waals surface area contributed by atoms with Crippen molar-refractivity contribution in [2.45, 2.75) is 26.2 Å². The van der Waals surface area contributed by atoms with Gasteiger partial charge in [0.2, 0.25) is 0 Å². The van der Waals surface area contributed by atoms with Gasteiger partial charge in [-0.15, -0.1) is 0 Å². The summed E-state index contributed by atoms with van der Waals surface area (Å²) in [5.74, 6) is 0.308. The second kappa shape index (κ2) is 9.29. The summed E-state index contributed by atoms with van der Waals surface area (Å²) in [4.78, 5) is 12.3. The molecule has 0 aromatic heterocycles. The number of unbranched alkanes of at least 4 members (excludes halogenated alkanes) is 1. The van der Waals surface area contributed by atoms with Crippen molar-refractivity contribution in [3.63, 3.8) is 0 Å². The van der Waals surface area contributed by atoms with Gasteiger partial charge in [0.1, 0.15) is 17.4 Å². The molecule has 0 radical (unpaired) electrons. The number of hydrogen-bond donors (Lipinski definition) is 1. The summed E-state index contributed by atoms with van der Waals surface area (Å²) in [5, 5.41) is 12.0. The van der Waals surface area contributed by atoms with Gasteiger partial charge in [-0.2, -0.15) is 5.26 Å². The van der Waals surface area contributed by atoms with E-state index in [4.69, 9.17) is 4.74 Å². The number of nitriles is 1. The van der Waals surface area contributed by atoms with Crippen molar-refractivity contribution in [2.75, 3.05) is 12.4 Å². The third-order valence-electron chi connectivity index (χ3n) is 3.82. The van der Waals surface area contributed by atoms with Crippen molar-refractivity contribution in [3.8, 4) is 11.8 Å².